The normalized spacial score (nSPS) is 10.4. The number of halogens is 1. The highest BCUT2D eigenvalue weighted by Crippen LogP contribution is 2.25. The predicted molar refractivity (Wildman–Crippen MR) is 82.7 cm³/mol. The van der Waals surface area contributed by atoms with E-state index < -0.39 is 4.92 Å². The fourth-order valence-electron chi connectivity index (χ4n) is 1.96. The van der Waals surface area contributed by atoms with Gasteiger partial charge in [0.2, 0.25) is 0 Å². The lowest BCUT2D eigenvalue weighted by Crippen LogP contribution is -2.24. The van der Waals surface area contributed by atoms with Crippen molar-refractivity contribution in [2.24, 2.45) is 0 Å². The minimum absolute atomic E-state index is 0.0244. The number of nitro benzene ring substituents is 1. The molecule has 0 amide bonds. The second-order valence-electron chi connectivity index (χ2n) is 4.40. The Morgan fingerprint density at radius 3 is 2.81 bits per heavy atom. The van der Waals surface area contributed by atoms with Crippen molar-refractivity contribution in [2.45, 2.75) is 13.5 Å². The molecule has 1 N–H and O–H groups in total. The molecule has 0 aliphatic rings. The van der Waals surface area contributed by atoms with Crippen molar-refractivity contribution in [3.05, 3.63) is 60.7 Å². The SMILES string of the molecule is CNc1ccc(Cn2c(C)ncc(Br)c2=O)cc1[N+](=O)[O-]. The second kappa shape index (κ2) is 6.04. The standard InChI is InChI=1S/C13H13BrN4O3/c1-8-16-6-10(14)13(19)17(8)7-9-3-4-11(15-2)12(5-9)18(20)21/h3-6,15H,7H2,1-2H3. The molecule has 1 heterocycles. The second-order valence-corrected chi connectivity index (χ2v) is 5.26. The molecular formula is C13H13BrN4O3. The van der Waals surface area contributed by atoms with E-state index in [-0.39, 0.29) is 17.8 Å². The first-order valence-electron chi connectivity index (χ1n) is 6.11. The quantitative estimate of drug-likeness (QED) is 0.673. The van der Waals surface area contributed by atoms with Crippen LogP contribution in [0.1, 0.15) is 11.4 Å². The summed E-state index contributed by atoms with van der Waals surface area (Å²) in [5, 5.41) is 13.8. The van der Waals surface area contributed by atoms with E-state index in [1.165, 1.54) is 16.8 Å². The number of rotatable bonds is 4. The lowest BCUT2D eigenvalue weighted by molar-refractivity contribution is -0.384. The lowest BCUT2D eigenvalue weighted by atomic mass is 10.1. The van der Waals surface area contributed by atoms with Gasteiger partial charge in [0.25, 0.3) is 11.2 Å². The van der Waals surface area contributed by atoms with E-state index in [9.17, 15) is 14.9 Å². The topological polar surface area (TPSA) is 90.1 Å². The Labute approximate surface area is 128 Å². The Balaban J connectivity index is 2.46. The number of nitrogens with zero attached hydrogens (tertiary/aromatic N) is 3. The number of hydrogen-bond donors (Lipinski definition) is 1. The molecule has 0 spiro atoms. The van der Waals surface area contributed by atoms with Crippen molar-refractivity contribution in [3.8, 4) is 0 Å². The molecule has 0 fully saturated rings. The van der Waals surface area contributed by atoms with Crippen molar-refractivity contribution < 1.29 is 4.92 Å². The summed E-state index contributed by atoms with van der Waals surface area (Å²) >= 11 is 3.14. The molecule has 7 nitrogen and oxygen atoms in total. The van der Waals surface area contributed by atoms with Crippen molar-refractivity contribution in [1.29, 1.82) is 0 Å². The first-order valence-corrected chi connectivity index (χ1v) is 6.90. The summed E-state index contributed by atoms with van der Waals surface area (Å²) in [5.74, 6) is 0.545. The molecule has 0 saturated carbocycles. The molecule has 0 aliphatic heterocycles. The summed E-state index contributed by atoms with van der Waals surface area (Å²) in [6.45, 7) is 1.94. The van der Waals surface area contributed by atoms with Gasteiger partial charge in [-0.15, -0.1) is 0 Å². The first-order chi connectivity index (χ1) is 9.93. The van der Waals surface area contributed by atoms with Crippen molar-refractivity contribution in [1.82, 2.24) is 9.55 Å². The average molecular weight is 353 g/mol. The molecule has 0 saturated heterocycles. The van der Waals surface area contributed by atoms with Crippen LogP contribution in [0.4, 0.5) is 11.4 Å². The van der Waals surface area contributed by atoms with Gasteiger partial charge in [0.15, 0.2) is 0 Å². The predicted octanol–water partition coefficient (Wildman–Crippen LogP) is 2.31. The number of nitro groups is 1. The van der Waals surface area contributed by atoms with Gasteiger partial charge in [-0.1, -0.05) is 6.07 Å². The van der Waals surface area contributed by atoms with E-state index in [1.807, 2.05) is 0 Å². The molecule has 0 aliphatic carbocycles. The lowest BCUT2D eigenvalue weighted by Gasteiger charge is -2.10. The molecule has 2 rings (SSSR count). The van der Waals surface area contributed by atoms with Gasteiger partial charge in [-0.3, -0.25) is 19.5 Å². The minimum atomic E-state index is -0.454. The summed E-state index contributed by atoms with van der Waals surface area (Å²) in [7, 11) is 1.62. The fourth-order valence-corrected chi connectivity index (χ4v) is 2.27. The van der Waals surface area contributed by atoms with Gasteiger partial charge in [-0.25, -0.2) is 4.98 Å². The summed E-state index contributed by atoms with van der Waals surface area (Å²) in [6, 6.07) is 4.82. The number of aryl methyl sites for hydroxylation is 1. The summed E-state index contributed by atoms with van der Waals surface area (Å²) in [4.78, 5) is 26.8. The van der Waals surface area contributed by atoms with Gasteiger partial charge < -0.3 is 5.32 Å². The van der Waals surface area contributed by atoms with Crippen molar-refractivity contribution in [3.63, 3.8) is 0 Å². The summed E-state index contributed by atoms with van der Waals surface area (Å²) in [6.07, 6.45) is 1.45. The Hall–Kier alpha value is -2.22. The molecule has 0 radical (unpaired) electrons. The first kappa shape index (κ1) is 15.2. The molecule has 2 aromatic rings. The fraction of sp³-hybridized carbons (Fsp3) is 0.231. The van der Waals surface area contributed by atoms with E-state index in [0.29, 0.717) is 21.5 Å². The molecule has 0 bridgehead atoms. The van der Waals surface area contributed by atoms with Crippen LogP contribution in [0.15, 0.2) is 33.7 Å². The van der Waals surface area contributed by atoms with E-state index in [2.05, 4.69) is 26.2 Å². The van der Waals surface area contributed by atoms with Crippen LogP contribution in [0.25, 0.3) is 0 Å². The van der Waals surface area contributed by atoms with Crippen LogP contribution in [0, 0.1) is 17.0 Å². The third kappa shape index (κ3) is 3.10. The van der Waals surface area contributed by atoms with Crippen LogP contribution in [0.2, 0.25) is 0 Å². The Morgan fingerprint density at radius 1 is 1.48 bits per heavy atom. The van der Waals surface area contributed by atoms with Crippen LogP contribution in [0.3, 0.4) is 0 Å². The van der Waals surface area contributed by atoms with Gasteiger partial charge in [0.1, 0.15) is 16.0 Å². The van der Waals surface area contributed by atoms with E-state index in [0.717, 1.165) is 0 Å². The highest BCUT2D eigenvalue weighted by atomic mass is 79.9. The third-order valence-electron chi connectivity index (χ3n) is 3.07. The molecule has 1 aromatic carbocycles. The molecule has 0 unspecified atom stereocenters. The van der Waals surface area contributed by atoms with Gasteiger partial charge in [0, 0.05) is 19.3 Å². The van der Waals surface area contributed by atoms with Crippen LogP contribution in [-0.2, 0) is 6.54 Å². The van der Waals surface area contributed by atoms with Crippen LogP contribution in [-0.4, -0.2) is 21.5 Å². The smallest absolute Gasteiger partial charge is 0.292 e. The monoisotopic (exact) mass is 352 g/mol. The number of benzene rings is 1. The number of nitrogens with one attached hydrogen (secondary N) is 1. The van der Waals surface area contributed by atoms with Gasteiger partial charge in [-0.05, 0) is 34.5 Å². The van der Waals surface area contributed by atoms with E-state index in [4.69, 9.17) is 0 Å². The van der Waals surface area contributed by atoms with Crippen molar-refractivity contribution >= 4 is 27.3 Å². The van der Waals surface area contributed by atoms with Crippen molar-refractivity contribution in [2.75, 3.05) is 12.4 Å². The Kier molecular flexibility index (Phi) is 4.37. The molecule has 0 atom stereocenters. The minimum Gasteiger partial charge on any atom is -0.383 e. The van der Waals surface area contributed by atoms with Crippen LogP contribution in [0.5, 0.6) is 0 Å². The van der Waals surface area contributed by atoms with E-state index >= 15 is 0 Å². The Morgan fingerprint density at radius 2 is 2.19 bits per heavy atom. The molecule has 110 valence electrons. The Bertz CT molecular complexity index is 758. The maximum atomic E-state index is 12.1. The van der Waals surface area contributed by atoms with Gasteiger partial charge >= 0.3 is 0 Å². The van der Waals surface area contributed by atoms with Gasteiger partial charge in [0.05, 0.1) is 11.5 Å². The zero-order chi connectivity index (χ0) is 15.6. The number of hydrogen-bond acceptors (Lipinski definition) is 5. The van der Waals surface area contributed by atoms with Gasteiger partial charge in [-0.2, -0.15) is 0 Å². The highest BCUT2D eigenvalue weighted by molar-refractivity contribution is 9.10. The highest BCUT2D eigenvalue weighted by Gasteiger charge is 2.14. The zero-order valence-electron chi connectivity index (χ0n) is 11.5. The number of anilines is 1. The summed E-state index contributed by atoms with van der Waals surface area (Å²) < 4.78 is 1.82. The van der Waals surface area contributed by atoms with Crippen LogP contribution >= 0.6 is 15.9 Å². The number of aromatic nitrogens is 2. The molecular weight excluding hydrogens is 340 g/mol. The average Bonchev–Trinajstić information content (AvgIpc) is 2.47. The maximum absolute atomic E-state index is 12.1. The van der Waals surface area contributed by atoms with E-state index in [1.54, 1.807) is 26.1 Å². The maximum Gasteiger partial charge on any atom is 0.292 e. The molecule has 1 aromatic heterocycles. The zero-order valence-corrected chi connectivity index (χ0v) is 13.0. The summed E-state index contributed by atoms with van der Waals surface area (Å²) in [5.41, 5.74) is 0.845. The molecule has 8 heteroatoms. The van der Waals surface area contributed by atoms with Crippen LogP contribution < -0.4 is 10.9 Å². The third-order valence-corrected chi connectivity index (χ3v) is 3.62. The largest absolute Gasteiger partial charge is 0.383 e. The molecule has 21 heavy (non-hydrogen) atoms.